The van der Waals surface area contributed by atoms with Crippen LogP contribution in [0.15, 0.2) is 47.8 Å². The Morgan fingerprint density at radius 2 is 2.04 bits per heavy atom. The minimum atomic E-state index is -1.66. The monoisotopic (exact) mass is 360 g/mol. The van der Waals surface area contributed by atoms with E-state index in [4.69, 9.17) is 14.2 Å². The van der Waals surface area contributed by atoms with Gasteiger partial charge in [0.05, 0.1) is 5.92 Å². The van der Waals surface area contributed by atoms with E-state index in [1.807, 2.05) is 0 Å². The predicted octanol–water partition coefficient (Wildman–Crippen LogP) is 1.13. The van der Waals surface area contributed by atoms with E-state index in [1.54, 1.807) is 13.0 Å². The van der Waals surface area contributed by atoms with E-state index in [9.17, 15) is 19.5 Å². The van der Waals surface area contributed by atoms with Crippen LogP contribution in [0.2, 0.25) is 0 Å². The molecule has 3 aliphatic rings. The molecule has 0 aromatic heterocycles. The minimum absolute atomic E-state index is 0.0559. The van der Waals surface area contributed by atoms with E-state index in [2.05, 4.69) is 13.2 Å². The summed E-state index contributed by atoms with van der Waals surface area (Å²) in [6.45, 7) is 11.8. The summed E-state index contributed by atoms with van der Waals surface area (Å²) in [4.78, 5) is 36.7. The van der Waals surface area contributed by atoms with Crippen molar-refractivity contribution >= 4 is 17.7 Å². The van der Waals surface area contributed by atoms with Crippen molar-refractivity contribution in [2.75, 3.05) is 0 Å². The van der Waals surface area contributed by atoms with Gasteiger partial charge in [0.2, 0.25) is 5.78 Å². The van der Waals surface area contributed by atoms with Crippen molar-refractivity contribution in [1.82, 2.24) is 0 Å². The summed E-state index contributed by atoms with van der Waals surface area (Å²) in [7, 11) is 0. The molecule has 0 unspecified atom stereocenters. The lowest BCUT2D eigenvalue weighted by Gasteiger charge is -2.36. The molecule has 1 saturated heterocycles. The first kappa shape index (κ1) is 18.1. The molecule has 0 aromatic rings. The number of aliphatic hydroxyl groups is 1. The molecule has 138 valence electrons. The second-order valence-corrected chi connectivity index (χ2v) is 6.95. The average molecular weight is 360 g/mol. The van der Waals surface area contributed by atoms with Crippen molar-refractivity contribution in [3.05, 3.63) is 47.8 Å². The number of fused-ring (bicyclic) bond motifs is 3. The summed E-state index contributed by atoms with van der Waals surface area (Å²) < 4.78 is 16.5. The van der Waals surface area contributed by atoms with Crippen LogP contribution < -0.4 is 0 Å². The molecule has 5 atom stereocenters. The number of ether oxygens (including phenoxy) is 3. The summed E-state index contributed by atoms with van der Waals surface area (Å²) in [5, 5.41) is 11.0. The number of esters is 2. The fraction of sp³-hybridized carbons (Fsp3) is 0.421. The molecule has 3 rings (SSSR count). The third-order valence-electron chi connectivity index (χ3n) is 4.96. The predicted molar refractivity (Wildman–Crippen MR) is 89.5 cm³/mol. The number of rotatable bonds is 2. The van der Waals surface area contributed by atoms with Crippen molar-refractivity contribution < 1.29 is 33.7 Å². The van der Waals surface area contributed by atoms with Crippen LogP contribution in [-0.4, -0.2) is 46.7 Å². The highest BCUT2D eigenvalue weighted by Crippen LogP contribution is 2.42. The van der Waals surface area contributed by atoms with Crippen LogP contribution >= 0.6 is 0 Å². The topological polar surface area (TPSA) is 99.1 Å². The van der Waals surface area contributed by atoms with Gasteiger partial charge in [-0.3, -0.25) is 4.79 Å². The van der Waals surface area contributed by atoms with Crippen LogP contribution in [0.4, 0.5) is 0 Å². The molecule has 1 N–H and O–H groups in total. The Labute approximate surface area is 150 Å². The van der Waals surface area contributed by atoms with Gasteiger partial charge in [-0.15, -0.1) is 0 Å². The Morgan fingerprint density at radius 3 is 2.65 bits per heavy atom. The number of allylic oxidation sites excluding steroid dienone is 1. The van der Waals surface area contributed by atoms with Gasteiger partial charge < -0.3 is 19.3 Å². The number of carbonyl (C=O) groups excluding carboxylic acids is 3. The van der Waals surface area contributed by atoms with E-state index >= 15 is 0 Å². The van der Waals surface area contributed by atoms with Crippen molar-refractivity contribution in [1.29, 1.82) is 0 Å². The zero-order valence-corrected chi connectivity index (χ0v) is 14.8. The van der Waals surface area contributed by atoms with E-state index < -0.39 is 47.6 Å². The summed E-state index contributed by atoms with van der Waals surface area (Å²) in [6, 6.07) is 0. The van der Waals surface area contributed by atoms with Gasteiger partial charge in [-0.25, -0.2) is 9.59 Å². The highest BCUT2D eigenvalue weighted by atomic mass is 16.6. The van der Waals surface area contributed by atoms with Crippen molar-refractivity contribution in [3.63, 3.8) is 0 Å². The van der Waals surface area contributed by atoms with Crippen LogP contribution in [0, 0.1) is 5.92 Å². The van der Waals surface area contributed by atoms with Crippen LogP contribution in [-0.2, 0) is 28.6 Å². The Kier molecular flexibility index (Phi) is 4.15. The molecule has 0 radical (unpaired) electrons. The molecule has 0 aromatic carbocycles. The number of hydrogen-bond acceptors (Lipinski definition) is 7. The largest absolute Gasteiger partial charge is 0.476 e. The number of ketones is 1. The first-order valence-corrected chi connectivity index (χ1v) is 8.14. The van der Waals surface area contributed by atoms with Gasteiger partial charge in [-0.2, -0.15) is 0 Å². The lowest BCUT2D eigenvalue weighted by molar-refractivity contribution is -0.175. The molecule has 7 heteroatoms. The van der Waals surface area contributed by atoms with Crippen LogP contribution in [0.5, 0.6) is 0 Å². The van der Waals surface area contributed by atoms with E-state index in [0.717, 1.165) is 0 Å². The first-order chi connectivity index (χ1) is 12.1. The number of aliphatic hydroxyl groups excluding tert-OH is 1. The molecule has 26 heavy (non-hydrogen) atoms. The van der Waals surface area contributed by atoms with E-state index in [1.165, 1.54) is 19.9 Å². The maximum atomic E-state index is 12.5. The van der Waals surface area contributed by atoms with Gasteiger partial charge >= 0.3 is 11.9 Å². The molecule has 3 aliphatic heterocycles. The number of hydrogen-bond donors (Lipinski definition) is 1. The molecular weight excluding hydrogens is 340 g/mol. The minimum Gasteiger partial charge on any atom is -0.476 e. The zero-order chi connectivity index (χ0) is 19.4. The Balaban J connectivity index is 2.14. The Morgan fingerprint density at radius 1 is 1.38 bits per heavy atom. The first-order valence-electron chi connectivity index (χ1n) is 8.14. The molecule has 0 saturated carbocycles. The lowest BCUT2D eigenvalue weighted by atomic mass is 9.80. The average Bonchev–Trinajstić information content (AvgIpc) is 3.02. The zero-order valence-electron chi connectivity index (χ0n) is 14.8. The van der Waals surface area contributed by atoms with Crippen molar-refractivity contribution in [2.45, 2.75) is 44.7 Å². The van der Waals surface area contributed by atoms with Gasteiger partial charge in [0.1, 0.15) is 24.1 Å². The van der Waals surface area contributed by atoms with Crippen molar-refractivity contribution in [3.8, 4) is 0 Å². The van der Waals surface area contributed by atoms with Gasteiger partial charge in [0.25, 0.3) is 0 Å². The lowest BCUT2D eigenvalue weighted by Crippen LogP contribution is -2.55. The molecule has 0 aliphatic carbocycles. The fourth-order valence-corrected chi connectivity index (χ4v) is 3.30. The third-order valence-corrected chi connectivity index (χ3v) is 4.96. The quantitative estimate of drug-likeness (QED) is 0.582. The highest BCUT2D eigenvalue weighted by molar-refractivity contribution is 6.00. The molecule has 3 heterocycles. The normalized spacial score (nSPS) is 37.9. The second-order valence-electron chi connectivity index (χ2n) is 6.95. The molecule has 7 nitrogen and oxygen atoms in total. The molecule has 0 spiro atoms. The standard InChI is InChI=1S/C19H20O7/c1-8(2)17(22)25-15-14-10(4)18(23)24-12(14)6-9(3)11-7-13(20)19(5,26-11)16(15)21/h6-7,12,14-16,21H,1,4H2,2-3,5H3/b9-6-/t12-,14-,15-,16+,19-/m0/s1. The highest BCUT2D eigenvalue weighted by Gasteiger charge is 2.57. The maximum absolute atomic E-state index is 12.5. The Bertz CT molecular complexity index is 803. The van der Waals surface area contributed by atoms with Gasteiger partial charge in [-0.1, -0.05) is 13.2 Å². The summed E-state index contributed by atoms with van der Waals surface area (Å²) in [6.07, 6.45) is -0.767. The number of carbonyl (C=O) groups is 3. The third kappa shape index (κ3) is 2.59. The van der Waals surface area contributed by atoms with Crippen molar-refractivity contribution in [2.24, 2.45) is 5.92 Å². The van der Waals surface area contributed by atoms with Crippen LogP contribution in [0.3, 0.4) is 0 Å². The second kappa shape index (κ2) is 5.95. The Hall–Kier alpha value is -2.67. The maximum Gasteiger partial charge on any atom is 0.334 e. The van der Waals surface area contributed by atoms with Crippen LogP contribution in [0.1, 0.15) is 20.8 Å². The fourth-order valence-electron chi connectivity index (χ4n) is 3.30. The summed E-state index contributed by atoms with van der Waals surface area (Å²) in [5.41, 5.74) is -0.927. The van der Waals surface area contributed by atoms with Crippen LogP contribution in [0.25, 0.3) is 0 Å². The van der Waals surface area contributed by atoms with E-state index in [0.29, 0.717) is 5.57 Å². The summed E-state index contributed by atoms with van der Waals surface area (Å²) >= 11 is 0. The summed E-state index contributed by atoms with van der Waals surface area (Å²) in [5.74, 6) is -2.45. The molecule has 1 fully saturated rings. The smallest absolute Gasteiger partial charge is 0.334 e. The molecular formula is C19H20O7. The molecule has 0 amide bonds. The SMILES string of the molecule is C=C(C)C(=O)O[C@H]1[C@H]2C(=C)C(=O)O[C@H]2/C=C(/C)C2=CC(=O)[C@](C)(O2)[C@@H]1O. The molecule has 2 bridgehead atoms. The van der Waals surface area contributed by atoms with E-state index in [-0.39, 0.29) is 16.9 Å². The van der Waals surface area contributed by atoms with Gasteiger partial charge in [0, 0.05) is 17.2 Å². The van der Waals surface area contributed by atoms with Gasteiger partial charge in [-0.05, 0) is 32.4 Å². The van der Waals surface area contributed by atoms with Gasteiger partial charge in [0.15, 0.2) is 5.60 Å².